The van der Waals surface area contributed by atoms with Crippen molar-refractivity contribution in [2.45, 2.75) is 39.3 Å². The molecule has 1 saturated heterocycles. The Hall–Kier alpha value is -2.91. The molecule has 2 heterocycles. The molecule has 0 bridgehead atoms. The van der Waals surface area contributed by atoms with E-state index in [-0.39, 0.29) is 30.7 Å². The van der Waals surface area contributed by atoms with Crippen LogP contribution in [-0.4, -0.2) is 48.9 Å². The van der Waals surface area contributed by atoms with Gasteiger partial charge in [-0.15, -0.1) is 11.3 Å². The fourth-order valence-corrected chi connectivity index (χ4v) is 4.32. The van der Waals surface area contributed by atoms with Gasteiger partial charge in [0.2, 0.25) is 5.91 Å². The van der Waals surface area contributed by atoms with Crippen molar-refractivity contribution in [1.29, 1.82) is 0 Å². The van der Waals surface area contributed by atoms with Crippen LogP contribution in [0.2, 0.25) is 0 Å². The van der Waals surface area contributed by atoms with Gasteiger partial charge >= 0.3 is 5.97 Å². The van der Waals surface area contributed by atoms with Gasteiger partial charge in [0.1, 0.15) is 17.0 Å². The lowest BCUT2D eigenvalue weighted by Crippen LogP contribution is -2.40. The Morgan fingerprint density at radius 1 is 1.25 bits per heavy atom. The van der Waals surface area contributed by atoms with E-state index >= 15 is 0 Å². The van der Waals surface area contributed by atoms with E-state index in [4.69, 9.17) is 14.2 Å². The molecule has 1 aromatic heterocycles. The number of benzene rings is 1. The normalized spacial score (nSPS) is 16.9. The molecule has 1 aliphatic heterocycles. The van der Waals surface area contributed by atoms with Gasteiger partial charge in [-0.3, -0.25) is 14.2 Å². The number of aromatic nitrogens is 1. The van der Waals surface area contributed by atoms with Crippen molar-refractivity contribution in [2.24, 2.45) is 0 Å². The minimum absolute atomic E-state index is 0.00673. The predicted octanol–water partition coefficient (Wildman–Crippen LogP) is 0.776. The van der Waals surface area contributed by atoms with E-state index in [1.807, 2.05) is 31.2 Å². The van der Waals surface area contributed by atoms with Gasteiger partial charge in [0.25, 0.3) is 5.56 Å². The van der Waals surface area contributed by atoms with Crippen LogP contribution < -0.4 is 24.8 Å². The van der Waals surface area contributed by atoms with Crippen molar-refractivity contribution in [2.75, 3.05) is 26.4 Å². The summed E-state index contributed by atoms with van der Waals surface area (Å²) < 4.78 is 18.0. The number of nitrogens with one attached hydrogen (secondary N) is 1. The highest BCUT2D eigenvalue weighted by atomic mass is 32.1. The first-order chi connectivity index (χ1) is 15.5. The van der Waals surface area contributed by atoms with Crippen molar-refractivity contribution >= 4 is 35.4 Å². The zero-order valence-electron chi connectivity index (χ0n) is 18.3. The lowest BCUT2D eigenvalue weighted by Gasteiger charge is -2.10. The quantitative estimate of drug-likeness (QED) is 0.556. The van der Waals surface area contributed by atoms with E-state index in [1.54, 1.807) is 13.0 Å². The Morgan fingerprint density at radius 2 is 2.03 bits per heavy atom. The molecule has 9 heteroatoms. The summed E-state index contributed by atoms with van der Waals surface area (Å²) >= 11 is 1.14. The van der Waals surface area contributed by atoms with E-state index in [9.17, 15) is 14.4 Å². The summed E-state index contributed by atoms with van der Waals surface area (Å²) in [6.45, 7) is 5.32. The number of thiazole rings is 1. The second-order valence-corrected chi connectivity index (χ2v) is 8.24. The Kier molecular flexibility index (Phi) is 8.64. The highest BCUT2D eigenvalue weighted by Crippen LogP contribution is 2.12. The molecule has 0 spiro atoms. The maximum Gasteiger partial charge on any atom is 0.333 e. The number of hydrogen-bond acceptors (Lipinski definition) is 7. The van der Waals surface area contributed by atoms with Crippen LogP contribution in [0, 0.1) is 0 Å². The number of rotatable bonds is 9. The van der Waals surface area contributed by atoms with E-state index in [1.165, 1.54) is 10.6 Å². The van der Waals surface area contributed by atoms with Crippen molar-refractivity contribution in [3.8, 4) is 5.75 Å². The molecule has 3 rings (SSSR count). The number of nitrogens with zero attached hydrogens (tertiary/aromatic N) is 1. The first kappa shape index (κ1) is 23.7. The third-order valence-corrected chi connectivity index (χ3v) is 5.87. The summed E-state index contributed by atoms with van der Waals surface area (Å²) in [6, 6.07) is 7.34. The second-order valence-electron chi connectivity index (χ2n) is 7.18. The average Bonchev–Trinajstić information content (AvgIpc) is 3.38. The SMILES string of the molecule is CCOC(=O)/C=c1/s/c(=C\c2ccc(OCC)cc2)c(=O)n1CC(=O)NCC1CCCO1. The fourth-order valence-electron chi connectivity index (χ4n) is 3.29. The number of ether oxygens (including phenoxy) is 3. The highest BCUT2D eigenvalue weighted by Gasteiger charge is 2.17. The Morgan fingerprint density at radius 3 is 2.69 bits per heavy atom. The van der Waals surface area contributed by atoms with Gasteiger partial charge in [0.05, 0.1) is 29.9 Å². The second kappa shape index (κ2) is 11.6. The molecule has 0 aliphatic carbocycles. The first-order valence-electron chi connectivity index (χ1n) is 10.7. The van der Waals surface area contributed by atoms with E-state index in [0.29, 0.717) is 29.0 Å². The molecular formula is C23H28N2O6S. The topological polar surface area (TPSA) is 95.9 Å². The van der Waals surface area contributed by atoms with Crippen molar-refractivity contribution in [3.63, 3.8) is 0 Å². The number of carbonyl (C=O) groups is 2. The summed E-state index contributed by atoms with van der Waals surface area (Å²) in [5, 5.41) is 2.81. The first-order valence-corrected chi connectivity index (χ1v) is 11.5. The van der Waals surface area contributed by atoms with Crippen LogP contribution in [0.25, 0.3) is 12.2 Å². The van der Waals surface area contributed by atoms with Crippen molar-refractivity contribution < 1.29 is 23.8 Å². The minimum Gasteiger partial charge on any atom is -0.494 e. The zero-order valence-corrected chi connectivity index (χ0v) is 19.1. The van der Waals surface area contributed by atoms with Crippen LogP contribution in [0.5, 0.6) is 5.75 Å². The predicted molar refractivity (Wildman–Crippen MR) is 122 cm³/mol. The number of hydrogen-bond donors (Lipinski definition) is 1. The van der Waals surface area contributed by atoms with E-state index in [2.05, 4.69) is 5.32 Å². The molecule has 2 aromatic rings. The van der Waals surface area contributed by atoms with Crippen LogP contribution in [0.1, 0.15) is 32.3 Å². The number of carbonyl (C=O) groups excluding carboxylic acids is 2. The molecule has 1 aromatic carbocycles. The van der Waals surface area contributed by atoms with Gasteiger partial charge in [0, 0.05) is 13.2 Å². The van der Waals surface area contributed by atoms with Crippen LogP contribution in [0.4, 0.5) is 0 Å². The standard InChI is InChI=1S/C23H28N2O6S/c1-3-29-17-9-7-16(8-10-17)12-19-23(28)25(21(32-19)13-22(27)30-4-2)15-20(26)24-14-18-6-5-11-31-18/h7-10,12-13,18H,3-6,11,14-15H2,1-2H3,(H,24,26)/b19-12-,21-13+. The Labute approximate surface area is 190 Å². The molecule has 1 aliphatic rings. The molecule has 1 N–H and O–H groups in total. The summed E-state index contributed by atoms with van der Waals surface area (Å²) in [6.07, 6.45) is 4.87. The molecule has 1 atom stereocenters. The molecular weight excluding hydrogens is 432 g/mol. The van der Waals surface area contributed by atoms with Gasteiger partial charge in [-0.25, -0.2) is 4.79 Å². The van der Waals surface area contributed by atoms with Crippen LogP contribution >= 0.6 is 11.3 Å². The molecule has 1 fully saturated rings. The third-order valence-electron chi connectivity index (χ3n) is 4.81. The number of amides is 1. The largest absolute Gasteiger partial charge is 0.494 e. The smallest absolute Gasteiger partial charge is 0.333 e. The maximum atomic E-state index is 13.0. The molecule has 1 unspecified atom stereocenters. The maximum absolute atomic E-state index is 13.0. The monoisotopic (exact) mass is 460 g/mol. The van der Waals surface area contributed by atoms with E-state index in [0.717, 1.165) is 35.5 Å². The van der Waals surface area contributed by atoms with Crippen LogP contribution in [0.15, 0.2) is 29.1 Å². The Balaban J connectivity index is 1.88. The highest BCUT2D eigenvalue weighted by molar-refractivity contribution is 7.07. The van der Waals surface area contributed by atoms with Crippen molar-refractivity contribution in [3.05, 3.63) is 49.4 Å². The van der Waals surface area contributed by atoms with E-state index < -0.39 is 5.97 Å². The average molecular weight is 461 g/mol. The summed E-state index contributed by atoms with van der Waals surface area (Å²) in [5.74, 6) is -0.131. The fraction of sp³-hybridized carbons (Fsp3) is 0.435. The molecule has 1 amide bonds. The van der Waals surface area contributed by atoms with Crippen LogP contribution in [-0.2, 0) is 25.6 Å². The molecule has 32 heavy (non-hydrogen) atoms. The lowest BCUT2D eigenvalue weighted by atomic mass is 10.2. The van der Waals surface area contributed by atoms with Crippen LogP contribution in [0.3, 0.4) is 0 Å². The van der Waals surface area contributed by atoms with Gasteiger partial charge in [-0.05, 0) is 50.5 Å². The number of esters is 1. The third kappa shape index (κ3) is 6.54. The Bertz CT molecular complexity index is 1100. The molecule has 172 valence electrons. The van der Waals surface area contributed by atoms with Gasteiger partial charge in [-0.2, -0.15) is 0 Å². The minimum atomic E-state index is -0.560. The molecule has 8 nitrogen and oxygen atoms in total. The van der Waals surface area contributed by atoms with Gasteiger partial charge in [0.15, 0.2) is 0 Å². The molecule has 0 radical (unpaired) electrons. The van der Waals surface area contributed by atoms with Crippen molar-refractivity contribution in [1.82, 2.24) is 9.88 Å². The zero-order chi connectivity index (χ0) is 22.9. The molecule has 0 saturated carbocycles. The summed E-state index contributed by atoms with van der Waals surface area (Å²) in [5.41, 5.74) is 0.469. The van der Waals surface area contributed by atoms with Gasteiger partial charge in [-0.1, -0.05) is 12.1 Å². The lowest BCUT2D eigenvalue weighted by molar-refractivity contribution is -0.135. The summed E-state index contributed by atoms with van der Waals surface area (Å²) in [7, 11) is 0. The van der Waals surface area contributed by atoms with Gasteiger partial charge < -0.3 is 19.5 Å². The summed E-state index contributed by atoms with van der Waals surface area (Å²) in [4.78, 5) is 37.5.